The molecule has 1 rings (SSSR count). The lowest BCUT2D eigenvalue weighted by Gasteiger charge is -2.12. The number of unbranched alkanes of at least 4 members (excludes halogenated alkanes) is 3. The van der Waals surface area contributed by atoms with Gasteiger partial charge in [-0.3, -0.25) is 4.98 Å². The number of aromatic nitrogens is 1. The largest absolute Gasteiger partial charge is 0.389 e. The normalized spacial score (nSPS) is 12.6. The van der Waals surface area contributed by atoms with Gasteiger partial charge >= 0.3 is 0 Å². The lowest BCUT2D eigenvalue weighted by Crippen LogP contribution is -2.30. The SMILES string of the molecule is CCCCCCOCC(O)CNCc1ncccc1C. The van der Waals surface area contributed by atoms with Gasteiger partial charge in [0.05, 0.1) is 18.4 Å². The third kappa shape index (κ3) is 7.58. The fraction of sp³-hybridized carbons (Fsp3) is 0.688. The maximum atomic E-state index is 9.79. The minimum absolute atomic E-state index is 0.403. The number of hydrogen-bond donors (Lipinski definition) is 2. The number of nitrogens with zero attached hydrogens (tertiary/aromatic N) is 1. The number of nitrogens with one attached hydrogen (secondary N) is 1. The van der Waals surface area contributed by atoms with Crippen LogP contribution in [0.25, 0.3) is 0 Å². The Balaban J connectivity index is 2.03. The molecule has 4 nitrogen and oxygen atoms in total. The molecule has 0 aromatic carbocycles. The number of aryl methyl sites for hydroxylation is 1. The van der Waals surface area contributed by atoms with Crippen LogP contribution in [0, 0.1) is 6.92 Å². The summed E-state index contributed by atoms with van der Waals surface area (Å²) < 4.78 is 5.46. The minimum atomic E-state index is -0.454. The third-order valence-corrected chi connectivity index (χ3v) is 3.24. The summed E-state index contributed by atoms with van der Waals surface area (Å²) in [5.74, 6) is 0. The van der Waals surface area contributed by atoms with E-state index >= 15 is 0 Å². The second kappa shape index (κ2) is 10.8. The minimum Gasteiger partial charge on any atom is -0.389 e. The van der Waals surface area contributed by atoms with Crippen LogP contribution in [0.5, 0.6) is 0 Å². The van der Waals surface area contributed by atoms with E-state index < -0.39 is 6.10 Å². The molecule has 0 spiro atoms. The second-order valence-electron chi connectivity index (χ2n) is 5.19. The van der Waals surface area contributed by atoms with Crippen LogP contribution in [0.15, 0.2) is 18.3 Å². The van der Waals surface area contributed by atoms with Crippen molar-refractivity contribution in [3.05, 3.63) is 29.6 Å². The molecule has 0 radical (unpaired) electrons. The first-order valence-electron chi connectivity index (χ1n) is 7.61. The molecule has 1 atom stereocenters. The maximum absolute atomic E-state index is 9.79. The summed E-state index contributed by atoms with van der Waals surface area (Å²) >= 11 is 0. The van der Waals surface area contributed by atoms with Crippen LogP contribution in [0.3, 0.4) is 0 Å². The van der Waals surface area contributed by atoms with E-state index in [1.165, 1.54) is 24.8 Å². The number of pyridine rings is 1. The lowest BCUT2D eigenvalue weighted by atomic mass is 10.2. The quantitative estimate of drug-likeness (QED) is 0.611. The maximum Gasteiger partial charge on any atom is 0.0897 e. The van der Waals surface area contributed by atoms with Gasteiger partial charge in [0, 0.05) is 25.9 Å². The smallest absolute Gasteiger partial charge is 0.0897 e. The molecule has 0 saturated heterocycles. The molecule has 0 saturated carbocycles. The van der Waals surface area contributed by atoms with Crippen LogP contribution in [0.2, 0.25) is 0 Å². The van der Waals surface area contributed by atoms with Crippen molar-refractivity contribution < 1.29 is 9.84 Å². The summed E-state index contributed by atoms with van der Waals surface area (Å²) in [5, 5.41) is 13.0. The second-order valence-corrected chi connectivity index (χ2v) is 5.19. The molecular formula is C16H28N2O2. The zero-order valence-electron chi connectivity index (χ0n) is 12.8. The monoisotopic (exact) mass is 280 g/mol. The van der Waals surface area contributed by atoms with Gasteiger partial charge in [0.15, 0.2) is 0 Å². The van der Waals surface area contributed by atoms with Crippen molar-refractivity contribution in [1.29, 1.82) is 0 Å². The Kier molecular flexibility index (Phi) is 9.20. The summed E-state index contributed by atoms with van der Waals surface area (Å²) in [6.45, 7) is 6.60. The molecule has 1 aromatic heterocycles. The Morgan fingerprint density at radius 2 is 2.20 bits per heavy atom. The fourth-order valence-electron chi connectivity index (χ4n) is 1.97. The highest BCUT2D eigenvalue weighted by atomic mass is 16.5. The third-order valence-electron chi connectivity index (χ3n) is 3.24. The van der Waals surface area contributed by atoms with E-state index in [-0.39, 0.29) is 0 Å². The first-order chi connectivity index (χ1) is 9.74. The highest BCUT2D eigenvalue weighted by Crippen LogP contribution is 2.02. The zero-order chi connectivity index (χ0) is 14.6. The molecule has 0 bridgehead atoms. The van der Waals surface area contributed by atoms with Crippen molar-refractivity contribution >= 4 is 0 Å². The first-order valence-corrected chi connectivity index (χ1v) is 7.61. The van der Waals surface area contributed by atoms with Crippen molar-refractivity contribution in [2.24, 2.45) is 0 Å². The van der Waals surface area contributed by atoms with Crippen molar-refractivity contribution in [1.82, 2.24) is 10.3 Å². The van der Waals surface area contributed by atoms with Crippen molar-refractivity contribution in [2.45, 2.75) is 52.2 Å². The predicted molar refractivity (Wildman–Crippen MR) is 81.6 cm³/mol. The molecular weight excluding hydrogens is 252 g/mol. The van der Waals surface area contributed by atoms with Crippen molar-refractivity contribution in [3.63, 3.8) is 0 Å². The summed E-state index contributed by atoms with van der Waals surface area (Å²) in [6, 6.07) is 3.97. The van der Waals surface area contributed by atoms with E-state index in [2.05, 4.69) is 17.2 Å². The van der Waals surface area contributed by atoms with Gasteiger partial charge < -0.3 is 15.2 Å². The van der Waals surface area contributed by atoms with E-state index in [0.29, 0.717) is 19.7 Å². The standard InChI is InChI=1S/C16H28N2O2/c1-3-4-5-6-10-20-13-15(19)11-17-12-16-14(2)8-7-9-18-16/h7-9,15,17,19H,3-6,10-13H2,1-2H3. The van der Waals surface area contributed by atoms with Gasteiger partial charge in [0.25, 0.3) is 0 Å². The topological polar surface area (TPSA) is 54.4 Å². The lowest BCUT2D eigenvalue weighted by molar-refractivity contribution is 0.0353. The molecule has 4 heteroatoms. The molecule has 0 aliphatic carbocycles. The molecule has 1 heterocycles. The van der Waals surface area contributed by atoms with Crippen LogP contribution in [0.4, 0.5) is 0 Å². The highest BCUT2D eigenvalue weighted by molar-refractivity contribution is 5.17. The summed E-state index contributed by atoms with van der Waals surface area (Å²) in [5.41, 5.74) is 2.20. The fourth-order valence-corrected chi connectivity index (χ4v) is 1.97. The molecule has 114 valence electrons. The average molecular weight is 280 g/mol. The number of aliphatic hydroxyl groups excluding tert-OH is 1. The van der Waals surface area contributed by atoms with Gasteiger partial charge in [-0.2, -0.15) is 0 Å². The Bertz CT molecular complexity index is 358. The summed E-state index contributed by atoms with van der Waals surface area (Å²) in [7, 11) is 0. The number of hydrogen-bond acceptors (Lipinski definition) is 4. The van der Waals surface area contributed by atoms with Gasteiger partial charge in [-0.1, -0.05) is 32.3 Å². The Morgan fingerprint density at radius 3 is 2.95 bits per heavy atom. The molecule has 1 unspecified atom stereocenters. The number of ether oxygens (including phenoxy) is 1. The van der Waals surface area contributed by atoms with Gasteiger partial charge in [-0.05, 0) is 25.0 Å². The van der Waals surface area contributed by atoms with Gasteiger partial charge in [-0.25, -0.2) is 0 Å². The first kappa shape index (κ1) is 17.1. The average Bonchev–Trinajstić information content (AvgIpc) is 2.45. The summed E-state index contributed by atoms with van der Waals surface area (Å²) in [6.07, 6.45) is 6.13. The molecule has 2 N–H and O–H groups in total. The Morgan fingerprint density at radius 1 is 1.35 bits per heavy atom. The highest BCUT2D eigenvalue weighted by Gasteiger charge is 2.05. The Labute approximate surface area is 122 Å². The van der Waals surface area contributed by atoms with Crippen LogP contribution < -0.4 is 5.32 Å². The van der Waals surface area contributed by atoms with Crippen molar-refractivity contribution in [3.8, 4) is 0 Å². The van der Waals surface area contributed by atoms with Crippen LogP contribution in [0.1, 0.15) is 43.9 Å². The molecule has 1 aromatic rings. The van der Waals surface area contributed by atoms with E-state index in [0.717, 1.165) is 18.7 Å². The van der Waals surface area contributed by atoms with E-state index in [1.54, 1.807) is 6.20 Å². The molecule has 0 amide bonds. The molecule has 20 heavy (non-hydrogen) atoms. The molecule has 0 fully saturated rings. The predicted octanol–water partition coefficient (Wildman–Crippen LogP) is 2.44. The Hall–Kier alpha value is -0.970. The van der Waals surface area contributed by atoms with E-state index in [1.807, 2.05) is 19.1 Å². The molecule has 0 aliphatic rings. The van der Waals surface area contributed by atoms with Crippen LogP contribution in [-0.2, 0) is 11.3 Å². The summed E-state index contributed by atoms with van der Waals surface area (Å²) in [4.78, 5) is 4.30. The van der Waals surface area contributed by atoms with E-state index in [4.69, 9.17) is 4.74 Å². The van der Waals surface area contributed by atoms with E-state index in [9.17, 15) is 5.11 Å². The van der Waals surface area contributed by atoms with Crippen LogP contribution in [-0.4, -0.2) is 36.0 Å². The number of aliphatic hydroxyl groups is 1. The van der Waals surface area contributed by atoms with Crippen molar-refractivity contribution in [2.75, 3.05) is 19.8 Å². The van der Waals surface area contributed by atoms with Crippen LogP contribution >= 0.6 is 0 Å². The number of rotatable bonds is 11. The van der Waals surface area contributed by atoms with Gasteiger partial charge in [0.2, 0.25) is 0 Å². The zero-order valence-corrected chi connectivity index (χ0v) is 12.8. The van der Waals surface area contributed by atoms with Gasteiger partial charge in [-0.15, -0.1) is 0 Å². The molecule has 0 aliphatic heterocycles. The van der Waals surface area contributed by atoms with Gasteiger partial charge in [0.1, 0.15) is 0 Å².